The zero-order chi connectivity index (χ0) is 13.8. The second kappa shape index (κ2) is 6.62. The van der Waals surface area contributed by atoms with Gasteiger partial charge in [0.15, 0.2) is 0 Å². The first-order chi connectivity index (χ1) is 9.06. The smallest absolute Gasteiger partial charge is 0.0426 e. The minimum Gasteiger partial charge on any atom is -0.382 e. The van der Waals surface area contributed by atoms with Crippen LogP contribution in [0.5, 0.6) is 0 Å². The number of anilines is 1. The Morgan fingerprint density at radius 2 is 2.05 bits per heavy atom. The number of benzene rings is 1. The molecule has 0 aliphatic carbocycles. The minimum atomic E-state index is 0.570. The van der Waals surface area contributed by atoms with E-state index in [1.807, 2.05) is 12.1 Å². The van der Waals surface area contributed by atoms with E-state index in [9.17, 15) is 0 Å². The molecule has 1 aromatic rings. The molecule has 1 atom stereocenters. The van der Waals surface area contributed by atoms with Crippen LogP contribution in [0, 0.1) is 6.92 Å². The van der Waals surface area contributed by atoms with E-state index < -0.39 is 0 Å². The Balaban J connectivity index is 1.98. The van der Waals surface area contributed by atoms with E-state index in [1.165, 1.54) is 43.6 Å². The molecule has 106 valence electrons. The van der Waals surface area contributed by atoms with E-state index in [0.717, 1.165) is 5.02 Å². The van der Waals surface area contributed by atoms with Crippen molar-refractivity contribution in [3.8, 4) is 0 Å². The predicted octanol–water partition coefficient (Wildman–Crippen LogP) is 4.32. The van der Waals surface area contributed by atoms with Gasteiger partial charge in [-0.15, -0.1) is 0 Å². The van der Waals surface area contributed by atoms with Crippen LogP contribution in [0.25, 0.3) is 0 Å². The molecule has 0 amide bonds. The molecular weight excluding hydrogens is 256 g/mol. The van der Waals surface area contributed by atoms with Crippen LogP contribution in [0.2, 0.25) is 5.02 Å². The first-order valence-corrected chi connectivity index (χ1v) is 7.71. The van der Waals surface area contributed by atoms with Crippen molar-refractivity contribution in [2.75, 3.05) is 18.4 Å². The Labute approximate surface area is 122 Å². The average molecular weight is 281 g/mol. The Morgan fingerprint density at radius 1 is 1.26 bits per heavy atom. The second-order valence-electron chi connectivity index (χ2n) is 5.86. The molecule has 3 heteroatoms. The molecule has 2 rings (SSSR count). The van der Waals surface area contributed by atoms with Crippen LogP contribution in [0.1, 0.15) is 38.7 Å². The number of hydrogen-bond acceptors (Lipinski definition) is 2. The molecule has 1 fully saturated rings. The Morgan fingerprint density at radius 3 is 2.79 bits per heavy atom. The standard InChI is InChI=1S/C16H25ClN2/c1-12(2)19-9-4-5-15(8-10-19)18-16-11-14(17)7-6-13(16)3/h6-7,11-12,15,18H,4-5,8-10H2,1-3H3. The number of rotatable bonds is 3. The topological polar surface area (TPSA) is 15.3 Å². The van der Waals surface area contributed by atoms with Gasteiger partial charge in [-0.1, -0.05) is 17.7 Å². The van der Waals surface area contributed by atoms with Crippen LogP contribution in [0.4, 0.5) is 5.69 Å². The van der Waals surface area contributed by atoms with Crippen LogP contribution in [0.15, 0.2) is 18.2 Å². The lowest BCUT2D eigenvalue weighted by Gasteiger charge is -2.24. The monoisotopic (exact) mass is 280 g/mol. The lowest BCUT2D eigenvalue weighted by atomic mass is 10.1. The van der Waals surface area contributed by atoms with E-state index in [0.29, 0.717) is 12.1 Å². The Kier molecular flexibility index (Phi) is 5.12. The first-order valence-electron chi connectivity index (χ1n) is 7.33. The van der Waals surface area contributed by atoms with Gasteiger partial charge in [-0.25, -0.2) is 0 Å². The van der Waals surface area contributed by atoms with Crippen molar-refractivity contribution in [3.63, 3.8) is 0 Å². The van der Waals surface area contributed by atoms with Crippen molar-refractivity contribution < 1.29 is 0 Å². The fourth-order valence-electron chi connectivity index (χ4n) is 2.75. The zero-order valence-corrected chi connectivity index (χ0v) is 13.0. The number of nitrogens with one attached hydrogen (secondary N) is 1. The van der Waals surface area contributed by atoms with E-state index in [4.69, 9.17) is 11.6 Å². The van der Waals surface area contributed by atoms with Gasteiger partial charge >= 0.3 is 0 Å². The highest BCUT2D eigenvalue weighted by Crippen LogP contribution is 2.23. The average Bonchev–Trinajstić information content (AvgIpc) is 2.59. The van der Waals surface area contributed by atoms with Gasteiger partial charge in [0.25, 0.3) is 0 Å². The van der Waals surface area contributed by atoms with Crippen LogP contribution in [0.3, 0.4) is 0 Å². The van der Waals surface area contributed by atoms with E-state index >= 15 is 0 Å². The summed E-state index contributed by atoms with van der Waals surface area (Å²) >= 11 is 6.08. The highest BCUT2D eigenvalue weighted by molar-refractivity contribution is 6.30. The molecule has 1 saturated heterocycles. The predicted molar refractivity (Wildman–Crippen MR) is 84.2 cm³/mol. The fourth-order valence-corrected chi connectivity index (χ4v) is 2.92. The van der Waals surface area contributed by atoms with E-state index in [1.54, 1.807) is 0 Å². The van der Waals surface area contributed by atoms with Crippen molar-refractivity contribution in [2.24, 2.45) is 0 Å². The number of aryl methyl sites for hydroxylation is 1. The lowest BCUT2D eigenvalue weighted by molar-refractivity contribution is 0.230. The third kappa shape index (κ3) is 4.12. The third-order valence-corrected chi connectivity index (χ3v) is 4.29. The van der Waals surface area contributed by atoms with E-state index in [-0.39, 0.29) is 0 Å². The Bertz CT molecular complexity index is 417. The summed E-state index contributed by atoms with van der Waals surface area (Å²) in [5.74, 6) is 0. The van der Waals surface area contributed by atoms with Gasteiger partial charge in [0, 0.05) is 29.3 Å². The summed E-state index contributed by atoms with van der Waals surface area (Å²) in [6.45, 7) is 9.12. The number of likely N-dealkylation sites (tertiary alicyclic amines) is 1. The minimum absolute atomic E-state index is 0.570. The molecule has 2 nitrogen and oxygen atoms in total. The summed E-state index contributed by atoms with van der Waals surface area (Å²) in [7, 11) is 0. The largest absolute Gasteiger partial charge is 0.382 e. The van der Waals surface area contributed by atoms with Crippen LogP contribution in [-0.2, 0) is 0 Å². The maximum absolute atomic E-state index is 6.08. The second-order valence-corrected chi connectivity index (χ2v) is 6.30. The highest BCUT2D eigenvalue weighted by atomic mass is 35.5. The molecule has 1 aliphatic heterocycles. The van der Waals surface area contributed by atoms with Gasteiger partial charge in [0.05, 0.1) is 0 Å². The fraction of sp³-hybridized carbons (Fsp3) is 0.625. The molecule has 19 heavy (non-hydrogen) atoms. The summed E-state index contributed by atoms with van der Waals surface area (Å²) in [4.78, 5) is 2.58. The summed E-state index contributed by atoms with van der Waals surface area (Å²) < 4.78 is 0. The number of halogens is 1. The van der Waals surface area contributed by atoms with Crippen molar-refractivity contribution >= 4 is 17.3 Å². The van der Waals surface area contributed by atoms with Gasteiger partial charge in [0.1, 0.15) is 0 Å². The van der Waals surface area contributed by atoms with Crippen LogP contribution < -0.4 is 5.32 Å². The molecule has 0 bridgehead atoms. The summed E-state index contributed by atoms with van der Waals surface area (Å²) in [6, 6.07) is 7.31. The molecule has 1 aliphatic rings. The summed E-state index contributed by atoms with van der Waals surface area (Å²) in [5.41, 5.74) is 2.46. The maximum Gasteiger partial charge on any atom is 0.0426 e. The molecular formula is C16H25ClN2. The van der Waals surface area contributed by atoms with E-state index in [2.05, 4.69) is 37.1 Å². The molecule has 0 radical (unpaired) electrons. The number of nitrogens with zero attached hydrogens (tertiary/aromatic N) is 1. The van der Waals surface area contributed by atoms with Gasteiger partial charge in [-0.2, -0.15) is 0 Å². The quantitative estimate of drug-likeness (QED) is 0.887. The zero-order valence-electron chi connectivity index (χ0n) is 12.2. The maximum atomic E-state index is 6.08. The van der Waals surface area contributed by atoms with Gasteiger partial charge in [-0.05, 0) is 64.3 Å². The molecule has 1 unspecified atom stereocenters. The highest BCUT2D eigenvalue weighted by Gasteiger charge is 2.18. The van der Waals surface area contributed by atoms with Crippen LogP contribution >= 0.6 is 11.6 Å². The normalized spacial score (nSPS) is 21.4. The summed E-state index contributed by atoms with van der Waals surface area (Å²) in [6.07, 6.45) is 3.73. The molecule has 0 aromatic heterocycles. The Hall–Kier alpha value is -0.730. The van der Waals surface area contributed by atoms with Gasteiger partial charge in [-0.3, -0.25) is 0 Å². The van der Waals surface area contributed by atoms with Crippen molar-refractivity contribution in [3.05, 3.63) is 28.8 Å². The van der Waals surface area contributed by atoms with Crippen molar-refractivity contribution in [1.29, 1.82) is 0 Å². The number of hydrogen-bond donors (Lipinski definition) is 1. The molecule has 1 aromatic carbocycles. The van der Waals surface area contributed by atoms with Gasteiger partial charge in [0.2, 0.25) is 0 Å². The van der Waals surface area contributed by atoms with Gasteiger partial charge < -0.3 is 10.2 Å². The van der Waals surface area contributed by atoms with Crippen molar-refractivity contribution in [2.45, 2.75) is 52.1 Å². The van der Waals surface area contributed by atoms with Crippen molar-refractivity contribution in [1.82, 2.24) is 4.90 Å². The third-order valence-electron chi connectivity index (χ3n) is 4.05. The lowest BCUT2D eigenvalue weighted by Crippen LogP contribution is -2.32. The molecule has 0 saturated carbocycles. The SMILES string of the molecule is Cc1ccc(Cl)cc1NC1CCCN(C(C)C)CC1. The molecule has 0 spiro atoms. The van der Waals surface area contributed by atoms with Crippen LogP contribution in [-0.4, -0.2) is 30.1 Å². The molecule has 1 N–H and O–H groups in total. The molecule has 1 heterocycles. The first kappa shape index (κ1) is 14.7. The summed E-state index contributed by atoms with van der Waals surface area (Å²) in [5, 5.41) is 4.49.